The Hall–Kier alpha value is -3.68. The van der Waals surface area contributed by atoms with E-state index in [1.54, 1.807) is 7.11 Å². The van der Waals surface area contributed by atoms with Gasteiger partial charge in [0.2, 0.25) is 5.82 Å². The molecule has 5 rings (SSSR count). The summed E-state index contributed by atoms with van der Waals surface area (Å²) in [5.74, 6) is 0.959. The van der Waals surface area contributed by atoms with Gasteiger partial charge < -0.3 is 15.4 Å². The lowest BCUT2D eigenvalue weighted by atomic mass is 10.2. The maximum atomic E-state index is 12.9. The highest BCUT2D eigenvalue weighted by Gasteiger charge is 2.18. The molecule has 33 heavy (non-hydrogen) atoms. The largest absolute Gasteiger partial charge is 0.495 e. The van der Waals surface area contributed by atoms with Crippen LogP contribution in [0.4, 0.5) is 11.5 Å². The lowest BCUT2D eigenvalue weighted by Gasteiger charge is -2.11. The van der Waals surface area contributed by atoms with Gasteiger partial charge in [-0.25, -0.2) is 9.97 Å². The van der Waals surface area contributed by atoms with Gasteiger partial charge in [0.05, 0.1) is 17.5 Å². The van der Waals surface area contributed by atoms with Crippen LogP contribution in [0.5, 0.6) is 5.75 Å². The summed E-state index contributed by atoms with van der Waals surface area (Å²) in [5.41, 5.74) is 1.65. The van der Waals surface area contributed by atoms with Crippen LogP contribution in [0.25, 0.3) is 20.3 Å². The van der Waals surface area contributed by atoms with Gasteiger partial charge in [0, 0.05) is 22.3 Å². The van der Waals surface area contributed by atoms with Gasteiger partial charge in [-0.1, -0.05) is 54.1 Å². The zero-order valence-corrected chi connectivity index (χ0v) is 19.2. The van der Waals surface area contributed by atoms with Crippen molar-refractivity contribution in [1.29, 1.82) is 0 Å². The van der Waals surface area contributed by atoms with Crippen LogP contribution in [0.1, 0.15) is 16.2 Å². The molecule has 0 spiro atoms. The molecule has 0 bridgehead atoms. The number of anilines is 2. The lowest BCUT2D eigenvalue weighted by molar-refractivity contribution is 0.101. The molecular formula is C25H19ClN4O2S. The van der Waals surface area contributed by atoms with Gasteiger partial charge in [0.25, 0.3) is 5.91 Å². The van der Waals surface area contributed by atoms with Crippen LogP contribution in [0.2, 0.25) is 5.02 Å². The standard InChI is InChI=1S/C25H19ClN4O2S/c1-32-19-12-11-15(13-18(19)26)14-27-22-21-17-9-5-6-10-20(17)33-25(21)30-23(29-22)24(31)28-16-7-3-2-4-8-16/h2-13H,14H2,1H3,(H,28,31)(H,27,29,30). The van der Waals surface area contributed by atoms with E-state index < -0.39 is 0 Å². The molecule has 6 nitrogen and oxygen atoms in total. The minimum Gasteiger partial charge on any atom is -0.495 e. The third kappa shape index (κ3) is 4.33. The van der Waals surface area contributed by atoms with Gasteiger partial charge in [0.1, 0.15) is 16.4 Å². The van der Waals surface area contributed by atoms with Crippen LogP contribution in [-0.2, 0) is 6.54 Å². The third-order valence-electron chi connectivity index (χ3n) is 5.15. The van der Waals surface area contributed by atoms with Crippen LogP contribution < -0.4 is 15.4 Å². The Kier molecular flexibility index (Phi) is 5.81. The molecule has 0 radical (unpaired) electrons. The van der Waals surface area contributed by atoms with E-state index in [1.807, 2.05) is 72.8 Å². The summed E-state index contributed by atoms with van der Waals surface area (Å²) in [6, 6.07) is 22.9. The van der Waals surface area contributed by atoms with Gasteiger partial charge in [-0.05, 0) is 35.9 Å². The minimum absolute atomic E-state index is 0.105. The zero-order valence-electron chi connectivity index (χ0n) is 17.6. The Morgan fingerprint density at radius 1 is 1.03 bits per heavy atom. The summed E-state index contributed by atoms with van der Waals surface area (Å²) >= 11 is 7.82. The number of fused-ring (bicyclic) bond motifs is 3. The molecule has 3 aromatic carbocycles. The highest BCUT2D eigenvalue weighted by atomic mass is 35.5. The summed E-state index contributed by atoms with van der Waals surface area (Å²) in [5, 5.41) is 8.72. The number of methoxy groups -OCH3 is 1. The predicted octanol–water partition coefficient (Wildman–Crippen LogP) is 6.37. The fourth-order valence-electron chi connectivity index (χ4n) is 3.57. The predicted molar refractivity (Wildman–Crippen MR) is 135 cm³/mol. The highest BCUT2D eigenvalue weighted by molar-refractivity contribution is 7.25. The molecule has 0 aliphatic rings. The maximum absolute atomic E-state index is 12.9. The second kappa shape index (κ2) is 9.05. The van der Waals surface area contributed by atoms with Crippen LogP contribution in [-0.4, -0.2) is 23.0 Å². The van der Waals surface area contributed by atoms with Crippen molar-refractivity contribution >= 4 is 60.7 Å². The molecule has 2 heterocycles. The second-order valence-electron chi connectivity index (χ2n) is 7.32. The van der Waals surface area contributed by atoms with Crippen molar-refractivity contribution < 1.29 is 9.53 Å². The van der Waals surface area contributed by atoms with Crippen molar-refractivity contribution in [2.24, 2.45) is 0 Å². The molecule has 0 atom stereocenters. The van der Waals surface area contributed by atoms with Crippen LogP contribution in [0.15, 0.2) is 72.8 Å². The molecule has 1 amide bonds. The van der Waals surface area contributed by atoms with E-state index >= 15 is 0 Å². The highest BCUT2D eigenvalue weighted by Crippen LogP contribution is 2.36. The first-order valence-electron chi connectivity index (χ1n) is 10.2. The fourth-order valence-corrected chi connectivity index (χ4v) is 4.92. The van der Waals surface area contributed by atoms with E-state index in [2.05, 4.69) is 20.6 Å². The number of nitrogens with one attached hydrogen (secondary N) is 2. The number of rotatable bonds is 6. The first kappa shape index (κ1) is 21.2. The maximum Gasteiger partial charge on any atom is 0.293 e. The number of benzene rings is 3. The van der Waals surface area contributed by atoms with Gasteiger partial charge in [-0.2, -0.15) is 0 Å². The molecule has 8 heteroatoms. The average molecular weight is 475 g/mol. The van der Waals surface area contributed by atoms with Crippen molar-refractivity contribution in [1.82, 2.24) is 9.97 Å². The average Bonchev–Trinajstić information content (AvgIpc) is 3.22. The number of thiophene rings is 1. The Bertz CT molecular complexity index is 1470. The van der Waals surface area contributed by atoms with Gasteiger partial charge in [-0.15, -0.1) is 11.3 Å². The number of amides is 1. The van der Waals surface area contributed by atoms with E-state index in [-0.39, 0.29) is 11.7 Å². The number of hydrogen-bond acceptors (Lipinski definition) is 6. The quantitative estimate of drug-likeness (QED) is 0.299. The molecule has 0 aliphatic carbocycles. The summed E-state index contributed by atoms with van der Waals surface area (Å²) in [6.07, 6.45) is 0. The zero-order chi connectivity index (χ0) is 22.8. The Labute approximate surface area is 199 Å². The van der Waals surface area contributed by atoms with E-state index in [9.17, 15) is 4.79 Å². The molecular weight excluding hydrogens is 456 g/mol. The van der Waals surface area contributed by atoms with Crippen LogP contribution in [0.3, 0.4) is 0 Å². The smallest absolute Gasteiger partial charge is 0.293 e. The second-order valence-corrected chi connectivity index (χ2v) is 8.75. The fraction of sp³-hybridized carbons (Fsp3) is 0.0800. The molecule has 0 aliphatic heterocycles. The van der Waals surface area contributed by atoms with Crippen molar-refractivity contribution in [3.63, 3.8) is 0 Å². The number of aromatic nitrogens is 2. The van der Waals surface area contributed by atoms with E-state index in [4.69, 9.17) is 16.3 Å². The van der Waals surface area contributed by atoms with E-state index in [1.165, 1.54) is 11.3 Å². The number of ether oxygens (including phenoxy) is 1. The molecule has 2 aromatic heterocycles. The molecule has 2 N–H and O–H groups in total. The number of nitrogens with zero attached hydrogens (tertiary/aromatic N) is 2. The number of carbonyl (C=O) groups excluding carboxylic acids is 1. The summed E-state index contributed by atoms with van der Waals surface area (Å²) in [4.78, 5) is 22.9. The summed E-state index contributed by atoms with van der Waals surface area (Å²) < 4.78 is 6.31. The van der Waals surface area contributed by atoms with Crippen molar-refractivity contribution in [3.05, 3.63) is 89.2 Å². The molecule has 0 saturated carbocycles. The van der Waals surface area contributed by atoms with Gasteiger partial charge in [0.15, 0.2) is 0 Å². The Balaban J connectivity index is 1.53. The molecule has 5 aromatic rings. The Morgan fingerprint density at radius 2 is 1.82 bits per heavy atom. The van der Waals surface area contributed by atoms with E-state index in [0.717, 1.165) is 25.9 Å². The minimum atomic E-state index is -0.365. The van der Waals surface area contributed by atoms with Crippen LogP contribution in [0, 0.1) is 0 Å². The summed E-state index contributed by atoms with van der Waals surface area (Å²) in [7, 11) is 1.58. The first-order chi connectivity index (χ1) is 16.1. The van der Waals surface area contributed by atoms with E-state index in [0.29, 0.717) is 28.8 Å². The first-order valence-corrected chi connectivity index (χ1v) is 11.4. The Morgan fingerprint density at radius 3 is 2.61 bits per heavy atom. The SMILES string of the molecule is COc1ccc(CNc2nc(C(=O)Nc3ccccc3)nc3sc4ccccc4c23)cc1Cl. The number of para-hydroxylation sites is 1. The molecule has 0 saturated heterocycles. The van der Waals surface area contributed by atoms with Crippen molar-refractivity contribution in [3.8, 4) is 5.75 Å². The van der Waals surface area contributed by atoms with Crippen LogP contribution >= 0.6 is 22.9 Å². The third-order valence-corrected chi connectivity index (χ3v) is 6.51. The van der Waals surface area contributed by atoms with Gasteiger partial charge >= 0.3 is 0 Å². The lowest BCUT2D eigenvalue weighted by Crippen LogP contribution is -2.16. The molecule has 0 fully saturated rings. The number of halogens is 1. The van der Waals surface area contributed by atoms with Crippen molar-refractivity contribution in [2.75, 3.05) is 17.7 Å². The molecule has 164 valence electrons. The van der Waals surface area contributed by atoms with Gasteiger partial charge in [-0.3, -0.25) is 4.79 Å². The monoisotopic (exact) mass is 474 g/mol. The number of hydrogen-bond donors (Lipinski definition) is 2. The normalized spacial score (nSPS) is 11.0. The molecule has 0 unspecified atom stereocenters. The van der Waals surface area contributed by atoms with Crippen molar-refractivity contribution in [2.45, 2.75) is 6.54 Å². The topological polar surface area (TPSA) is 76.1 Å². The number of carbonyl (C=O) groups is 1. The summed E-state index contributed by atoms with van der Waals surface area (Å²) in [6.45, 7) is 0.472.